The first-order chi connectivity index (χ1) is 14.7. The van der Waals surface area contributed by atoms with Gasteiger partial charge in [-0.2, -0.15) is 5.06 Å². The van der Waals surface area contributed by atoms with E-state index in [1.54, 1.807) is 11.3 Å². The van der Waals surface area contributed by atoms with Gasteiger partial charge in [0, 0.05) is 23.5 Å². The molecule has 0 aliphatic heterocycles. The van der Waals surface area contributed by atoms with Crippen LogP contribution in [-0.2, 0) is 13.1 Å². The van der Waals surface area contributed by atoms with E-state index in [2.05, 4.69) is 12.2 Å². The van der Waals surface area contributed by atoms with E-state index >= 15 is 0 Å². The second-order valence-corrected chi connectivity index (χ2v) is 9.07. The maximum Gasteiger partial charge on any atom is 0.251 e. The fraction of sp³-hybridized carbons (Fsp3) is 0.560. The Hall–Kier alpha value is -1.69. The van der Waals surface area contributed by atoms with E-state index in [-0.39, 0.29) is 5.91 Å². The van der Waals surface area contributed by atoms with E-state index in [0.29, 0.717) is 18.7 Å². The monoisotopic (exact) mass is 430 g/mol. The van der Waals surface area contributed by atoms with Gasteiger partial charge < -0.3 is 10.5 Å². The van der Waals surface area contributed by atoms with Crippen molar-refractivity contribution < 1.29 is 10.0 Å². The minimum absolute atomic E-state index is 0.0319. The van der Waals surface area contributed by atoms with E-state index in [0.717, 1.165) is 23.4 Å². The molecule has 2 rings (SSSR count). The molecule has 1 aromatic carbocycles. The highest BCUT2D eigenvalue weighted by Gasteiger charge is 2.09. The van der Waals surface area contributed by atoms with Crippen LogP contribution in [0.25, 0.3) is 0 Å². The van der Waals surface area contributed by atoms with Crippen LogP contribution >= 0.6 is 11.3 Å². The van der Waals surface area contributed by atoms with E-state index in [9.17, 15) is 10.0 Å². The fourth-order valence-electron chi connectivity index (χ4n) is 3.58. The maximum atomic E-state index is 12.4. The Bertz CT molecular complexity index is 703. The summed E-state index contributed by atoms with van der Waals surface area (Å²) in [6, 6.07) is 11.5. The average molecular weight is 431 g/mol. The van der Waals surface area contributed by atoms with Gasteiger partial charge in [-0.3, -0.25) is 4.79 Å². The third kappa shape index (κ3) is 10.4. The standard InChI is InChI=1S/C25H38N2O2S/c1-2-3-4-5-6-7-8-9-10-11-17-26-25(28)23-15-12-14-22(19-23)20-27(29)21-24-16-13-18-30-24/h12-16,18-19,29H,2-11,17,20-21H2,1H3,(H,26,28). The molecule has 1 aromatic heterocycles. The van der Waals surface area contributed by atoms with E-state index in [4.69, 9.17) is 0 Å². The Kier molecular flexibility index (Phi) is 12.4. The molecular weight excluding hydrogens is 392 g/mol. The summed E-state index contributed by atoms with van der Waals surface area (Å²) in [5.41, 5.74) is 1.59. The van der Waals surface area contributed by atoms with Gasteiger partial charge in [0.2, 0.25) is 0 Å². The Balaban J connectivity index is 1.58. The molecule has 0 bridgehead atoms. The first-order valence-corrected chi connectivity index (χ1v) is 12.4. The third-order valence-electron chi connectivity index (χ3n) is 5.29. The lowest BCUT2D eigenvalue weighted by atomic mass is 10.1. The molecular formula is C25H38N2O2S. The zero-order valence-corrected chi connectivity index (χ0v) is 19.3. The molecule has 30 heavy (non-hydrogen) atoms. The number of carbonyl (C=O) groups excluding carboxylic acids is 1. The van der Waals surface area contributed by atoms with Crippen molar-refractivity contribution in [1.29, 1.82) is 0 Å². The number of nitrogens with one attached hydrogen (secondary N) is 1. The maximum absolute atomic E-state index is 12.4. The highest BCUT2D eigenvalue weighted by Crippen LogP contribution is 2.14. The predicted octanol–water partition coefficient (Wildman–Crippen LogP) is 6.79. The summed E-state index contributed by atoms with van der Waals surface area (Å²) in [6.07, 6.45) is 12.9. The third-order valence-corrected chi connectivity index (χ3v) is 6.15. The van der Waals surface area contributed by atoms with Crippen LogP contribution in [0, 0.1) is 0 Å². The molecule has 166 valence electrons. The number of hydrogen-bond donors (Lipinski definition) is 2. The van der Waals surface area contributed by atoms with Crippen LogP contribution in [0.1, 0.15) is 91.9 Å². The van der Waals surface area contributed by atoms with Crippen LogP contribution in [0.15, 0.2) is 41.8 Å². The molecule has 0 unspecified atom stereocenters. The molecule has 0 spiro atoms. The molecule has 0 aliphatic rings. The Morgan fingerprint density at radius 3 is 2.30 bits per heavy atom. The largest absolute Gasteiger partial charge is 0.352 e. The summed E-state index contributed by atoms with van der Waals surface area (Å²) in [4.78, 5) is 13.5. The number of unbranched alkanes of at least 4 members (excludes halogenated alkanes) is 9. The molecule has 4 nitrogen and oxygen atoms in total. The van der Waals surface area contributed by atoms with Gasteiger partial charge in [0.25, 0.3) is 5.91 Å². The Morgan fingerprint density at radius 1 is 0.933 bits per heavy atom. The van der Waals surface area contributed by atoms with Gasteiger partial charge in [-0.15, -0.1) is 11.3 Å². The molecule has 2 aromatic rings. The van der Waals surface area contributed by atoms with Crippen LogP contribution in [0.2, 0.25) is 0 Å². The van der Waals surface area contributed by atoms with Gasteiger partial charge >= 0.3 is 0 Å². The van der Waals surface area contributed by atoms with E-state index < -0.39 is 0 Å². The first-order valence-electron chi connectivity index (χ1n) is 11.5. The second-order valence-electron chi connectivity index (χ2n) is 8.04. The van der Waals surface area contributed by atoms with Gasteiger partial charge in [-0.1, -0.05) is 82.9 Å². The molecule has 0 radical (unpaired) electrons. The van der Waals surface area contributed by atoms with Crippen molar-refractivity contribution in [3.05, 3.63) is 57.8 Å². The quantitative estimate of drug-likeness (QED) is 0.228. The SMILES string of the molecule is CCCCCCCCCCCCNC(=O)c1cccc(CN(O)Cc2cccs2)c1. The molecule has 0 fully saturated rings. The van der Waals surface area contributed by atoms with E-state index in [1.165, 1.54) is 62.9 Å². The normalized spacial score (nSPS) is 11.2. The van der Waals surface area contributed by atoms with Gasteiger partial charge in [-0.05, 0) is 35.6 Å². The van der Waals surface area contributed by atoms with Gasteiger partial charge in [0.05, 0.1) is 6.54 Å². The Labute approximate surface area is 186 Å². The number of rotatable bonds is 16. The van der Waals surface area contributed by atoms with Crippen LogP contribution in [0.3, 0.4) is 0 Å². The fourth-order valence-corrected chi connectivity index (χ4v) is 4.29. The van der Waals surface area contributed by atoms with Crippen LogP contribution < -0.4 is 5.32 Å². The van der Waals surface area contributed by atoms with Crippen molar-refractivity contribution in [2.45, 2.75) is 84.2 Å². The van der Waals surface area contributed by atoms with Crippen LogP contribution in [0.5, 0.6) is 0 Å². The van der Waals surface area contributed by atoms with Crippen LogP contribution in [-0.4, -0.2) is 22.7 Å². The lowest BCUT2D eigenvalue weighted by Gasteiger charge is -2.14. The van der Waals surface area contributed by atoms with Gasteiger partial charge in [0.15, 0.2) is 0 Å². The number of nitrogens with zero attached hydrogens (tertiary/aromatic N) is 1. The smallest absolute Gasteiger partial charge is 0.251 e. The van der Waals surface area contributed by atoms with Crippen molar-refractivity contribution in [3.8, 4) is 0 Å². The lowest BCUT2D eigenvalue weighted by molar-refractivity contribution is -0.107. The molecule has 1 amide bonds. The highest BCUT2D eigenvalue weighted by molar-refractivity contribution is 7.09. The van der Waals surface area contributed by atoms with Crippen molar-refractivity contribution >= 4 is 17.2 Å². The molecule has 0 saturated carbocycles. The Morgan fingerprint density at radius 2 is 1.63 bits per heavy atom. The van der Waals surface area contributed by atoms with Crippen LogP contribution in [0.4, 0.5) is 0 Å². The summed E-state index contributed by atoms with van der Waals surface area (Å²) in [5.74, 6) is -0.0319. The van der Waals surface area contributed by atoms with E-state index in [1.807, 2.05) is 41.8 Å². The van der Waals surface area contributed by atoms with Gasteiger partial charge in [-0.25, -0.2) is 0 Å². The molecule has 0 aliphatic carbocycles. The molecule has 0 saturated heterocycles. The number of benzene rings is 1. The van der Waals surface area contributed by atoms with Gasteiger partial charge in [0.1, 0.15) is 0 Å². The molecule has 1 heterocycles. The second kappa shape index (κ2) is 15.2. The molecule has 2 N–H and O–H groups in total. The molecule has 5 heteroatoms. The lowest BCUT2D eigenvalue weighted by Crippen LogP contribution is -2.24. The minimum Gasteiger partial charge on any atom is -0.352 e. The van der Waals surface area contributed by atoms with Crippen molar-refractivity contribution in [2.75, 3.05) is 6.54 Å². The topological polar surface area (TPSA) is 52.6 Å². The van der Waals surface area contributed by atoms with Crippen molar-refractivity contribution in [3.63, 3.8) is 0 Å². The number of carbonyl (C=O) groups is 1. The summed E-state index contributed by atoms with van der Waals surface area (Å²) in [5, 5.41) is 16.5. The summed E-state index contributed by atoms with van der Waals surface area (Å²) >= 11 is 1.62. The number of amides is 1. The first kappa shape index (κ1) is 24.6. The summed E-state index contributed by atoms with van der Waals surface area (Å²) in [6.45, 7) is 3.87. The average Bonchev–Trinajstić information content (AvgIpc) is 3.25. The number of hydrogen-bond acceptors (Lipinski definition) is 4. The van der Waals surface area contributed by atoms with Crippen molar-refractivity contribution in [1.82, 2.24) is 10.4 Å². The van der Waals surface area contributed by atoms with Crippen molar-refractivity contribution in [2.24, 2.45) is 0 Å². The summed E-state index contributed by atoms with van der Waals surface area (Å²) < 4.78 is 0. The zero-order chi connectivity index (χ0) is 21.4. The predicted molar refractivity (Wildman–Crippen MR) is 126 cm³/mol. The number of hydroxylamine groups is 2. The summed E-state index contributed by atoms with van der Waals surface area (Å²) in [7, 11) is 0. The zero-order valence-electron chi connectivity index (χ0n) is 18.4. The number of thiophene rings is 1. The molecule has 0 atom stereocenters. The minimum atomic E-state index is -0.0319. The highest BCUT2D eigenvalue weighted by atomic mass is 32.1.